The van der Waals surface area contributed by atoms with E-state index >= 15 is 0 Å². The fraction of sp³-hybridized carbons (Fsp3) is 0.227. The molecule has 0 fully saturated rings. The minimum Gasteiger partial charge on any atom is -0.406 e. The summed E-state index contributed by atoms with van der Waals surface area (Å²) >= 11 is 5.67. The van der Waals surface area contributed by atoms with E-state index in [-0.39, 0.29) is 29.7 Å². The number of benzene rings is 2. The number of alkyl halides is 6. The van der Waals surface area contributed by atoms with Crippen LogP contribution < -0.4 is 9.64 Å². The summed E-state index contributed by atoms with van der Waals surface area (Å²) in [5, 5.41) is -0.338. The molecule has 180 valence electrons. The normalized spacial score (nSPS) is 11.9. The Labute approximate surface area is 195 Å². The summed E-state index contributed by atoms with van der Waals surface area (Å²) < 4.78 is 80.3. The molecule has 0 radical (unpaired) electrons. The van der Waals surface area contributed by atoms with Gasteiger partial charge in [0, 0.05) is 31.8 Å². The molecule has 0 N–H and O–H groups in total. The van der Waals surface area contributed by atoms with E-state index in [1.54, 1.807) is 12.1 Å². The van der Waals surface area contributed by atoms with Crippen LogP contribution >= 0.6 is 11.6 Å². The number of Topliss-reactive ketones (excluding diaryl/α,β-unsaturated/α-hetero) is 1. The minimum absolute atomic E-state index is 0.0116. The maximum Gasteiger partial charge on any atom is 0.573 e. The number of nitrogens with zero attached hydrogens (tertiary/aromatic N) is 3. The molecule has 0 amide bonds. The number of hydrogen-bond acceptors (Lipinski definition) is 5. The third-order valence-corrected chi connectivity index (χ3v) is 4.83. The van der Waals surface area contributed by atoms with Gasteiger partial charge >= 0.3 is 12.5 Å². The Morgan fingerprint density at radius 1 is 0.941 bits per heavy atom. The number of carbonyl (C=O) groups is 1. The van der Waals surface area contributed by atoms with Crippen molar-refractivity contribution < 1.29 is 35.9 Å². The van der Waals surface area contributed by atoms with Gasteiger partial charge in [-0.05, 0) is 47.0 Å². The second kappa shape index (κ2) is 9.88. The fourth-order valence-corrected chi connectivity index (χ4v) is 3.22. The number of hydrogen-bond donors (Lipinski definition) is 0. The van der Waals surface area contributed by atoms with E-state index in [9.17, 15) is 31.1 Å². The highest BCUT2D eigenvalue weighted by atomic mass is 35.5. The highest BCUT2D eigenvalue weighted by molar-refractivity contribution is 6.28. The number of rotatable bonds is 7. The summed E-state index contributed by atoms with van der Waals surface area (Å²) in [5.41, 5.74) is 0.439. The molecule has 0 spiro atoms. The predicted octanol–water partition coefficient (Wildman–Crippen LogP) is 6.17. The van der Waals surface area contributed by atoms with Gasteiger partial charge in [-0.2, -0.15) is 18.2 Å². The summed E-state index contributed by atoms with van der Waals surface area (Å²) in [6, 6.07) is 11.2. The van der Waals surface area contributed by atoms with Crippen molar-refractivity contribution in [1.82, 2.24) is 9.97 Å². The zero-order chi connectivity index (χ0) is 25.1. The quantitative estimate of drug-likeness (QED) is 0.285. The topological polar surface area (TPSA) is 55.3 Å². The van der Waals surface area contributed by atoms with Crippen molar-refractivity contribution in [2.75, 3.05) is 11.9 Å². The molecule has 3 aromatic rings. The van der Waals surface area contributed by atoms with Gasteiger partial charge < -0.3 is 9.64 Å². The Hall–Kier alpha value is -3.34. The highest BCUT2D eigenvalue weighted by Crippen LogP contribution is 2.37. The van der Waals surface area contributed by atoms with Crippen LogP contribution in [-0.2, 0) is 23.8 Å². The van der Waals surface area contributed by atoms with Crippen molar-refractivity contribution in [3.8, 4) is 5.75 Å². The number of ketones is 1. The first-order valence-electron chi connectivity index (χ1n) is 9.60. The van der Waals surface area contributed by atoms with Crippen molar-refractivity contribution in [2.45, 2.75) is 25.4 Å². The first kappa shape index (κ1) is 25.3. The van der Waals surface area contributed by atoms with Gasteiger partial charge in [0.1, 0.15) is 22.9 Å². The highest BCUT2D eigenvalue weighted by Gasteiger charge is 2.36. The second-order valence-corrected chi connectivity index (χ2v) is 7.52. The molecule has 1 heterocycles. The van der Waals surface area contributed by atoms with Crippen molar-refractivity contribution in [3.05, 3.63) is 76.7 Å². The lowest BCUT2D eigenvalue weighted by Crippen LogP contribution is -2.19. The lowest BCUT2D eigenvalue weighted by molar-refractivity contribution is -0.274. The summed E-state index contributed by atoms with van der Waals surface area (Å²) in [4.78, 5) is 20.6. The van der Waals surface area contributed by atoms with E-state index in [0.717, 1.165) is 12.1 Å². The van der Waals surface area contributed by atoms with Crippen LogP contribution in [0, 0.1) is 0 Å². The molecule has 0 atom stereocenters. The maximum absolute atomic E-state index is 13.3. The molecular formula is C22H16ClF6N3O2. The number of ether oxygens (including phenoxy) is 1. The SMILES string of the molecule is CN(c1ccc(CC(=O)Cc2ccc(OC(F)(F)F)cc2)cc1)c1nc(Cl)ncc1C(F)(F)F. The van der Waals surface area contributed by atoms with Crippen molar-refractivity contribution in [1.29, 1.82) is 0 Å². The molecular weight excluding hydrogens is 488 g/mol. The largest absolute Gasteiger partial charge is 0.573 e. The lowest BCUT2D eigenvalue weighted by Gasteiger charge is -2.22. The minimum atomic E-state index is -4.80. The van der Waals surface area contributed by atoms with Crippen LogP contribution in [0.5, 0.6) is 5.75 Å². The van der Waals surface area contributed by atoms with E-state index in [1.165, 1.54) is 36.2 Å². The zero-order valence-corrected chi connectivity index (χ0v) is 18.2. The number of halogens is 7. The summed E-state index contributed by atoms with van der Waals surface area (Å²) in [6.07, 6.45) is -8.86. The van der Waals surface area contributed by atoms with Gasteiger partial charge in [0.15, 0.2) is 0 Å². The Morgan fingerprint density at radius 2 is 1.47 bits per heavy atom. The maximum atomic E-state index is 13.3. The number of aromatic nitrogens is 2. The molecule has 12 heteroatoms. The molecule has 1 aromatic heterocycles. The average Bonchev–Trinajstić information content (AvgIpc) is 2.73. The van der Waals surface area contributed by atoms with Crippen LogP contribution in [0.4, 0.5) is 37.8 Å². The third-order valence-electron chi connectivity index (χ3n) is 4.65. The smallest absolute Gasteiger partial charge is 0.406 e. The van der Waals surface area contributed by atoms with Crippen LogP contribution in [0.3, 0.4) is 0 Å². The molecule has 0 unspecified atom stereocenters. The second-order valence-electron chi connectivity index (χ2n) is 7.18. The van der Waals surface area contributed by atoms with E-state index in [2.05, 4.69) is 14.7 Å². The summed E-state index contributed by atoms with van der Waals surface area (Å²) in [6.45, 7) is 0. The van der Waals surface area contributed by atoms with E-state index in [0.29, 0.717) is 23.0 Å². The average molecular weight is 504 g/mol. The molecule has 0 bridgehead atoms. The molecule has 0 saturated carbocycles. The Bertz CT molecular complexity index is 1150. The van der Waals surface area contributed by atoms with E-state index < -0.39 is 23.9 Å². The van der Waals surface area contributed by atoms with Gasteiger partial charge in [0.2, 0.25) is 5.28 Å². The van der Waals surface area contributed by atoms with E-state index in [4.69, 9.17) is 11.6 Å². The standard InChI is InChI=1S/C22H16ClF6N3O2/c1-32(19-18(21(24,25)26)12-30-20(23)31-19)15-6-2-13(3-7-15)10-16(33)11-14-4-8-17(9-5-14)34-22(27,28)29/h2-9,12H,10-11H2,1H3. The lowest BCUT2D eigenvalue weighted by atomic mass is 10.0. The van der Waals surface area contributed by atoms with Crippen molar-refractivity contribution in [3.63, 3.8) is 0 Å². The van der Waals surface area contributed by atoms with Gasteiger partial charge in [-0.3, -0.25) is 4.79 Å². The Balaban J connectivity index is 1.66. The molecule has 0 aliphatic heterocycles. The van der Waals surface area contributed by atoms with Crippen LogP contribution in [-0.4, -0.2) is 29.2 Å². The first-order valence-corrected chi connectivity index (χ1v) is 9.98. The molecule has 2 aromatic carbocycles. The van der Waals surface area contributed by atoms with Crippen molar-refractivity contribution in [2.24, 2.45) is 0 Å². The van der Waals surface area contributed by atoms with Gasteiger partial charge in [0.05, 0.1) is 0 Å². The third kappa shape index (κ3) is 6.83. The zero-order valence-electron chi connectivity index (χ0n) is 17.4. The van der Waals surface area contributed by atoms with E-state index in [1.807, 2.05) is 0 Å². The van der Waals surface area contributed by atoms with Crippen molar-refractivity contribution >= 4 is 28.9 Å². The molecule has 0 saturated heterocycles. The summed E-state index contributed by atoms with van der Waals surface area (Å²) in [5.74, 6) is -1.01. The van der Waals surface area contributed by atoms with Gasteiger partial charge in [-0.15, -0.1) is 13.2 Å². The van der Waals surface area contributed by atoms with Gasteiger partial charge in [-0.1, -0.05) is 24.3 Å². The van der Waals surface area contributed by atoms with Crippen LogP contribution in [0.1, 0.15) is 16.7 Å². The molecule has 0 aliphatic rings. The Kier molecular flexibility index (Phi) is 7.35. The van der Waals surface area contributed by atoms with Gasteiger partial charge in [0.25, 0.3) is 0 Å². The van der Waals surface area contributed by atoms with Crippen LogP contribution in [0.15, 0.2) is 54.7 Å². The summed E-state index contributed by atoms with van der Waals surface area (Å²) in [7, 11) is 1.39. The predicted molar refractivity (Wildman–Crippen MR) is 112 cm³/mol. The van der Waals surface area contributed by atoms with Crippen LogP contribution in [0.2, 0.25) is 5.28 Å². The molecule has 5 nitrogen and oxygen atoms in total. The number of carbonyl (C=O) groups excluding carboxylic acids is 1. The monoisotopic (exact) mass is 503 g/mol. The Morgan fingerprint density at radius 3 is 1.97 bits per heavy atom. The molecule has 34 heavy (non-hydrogen) atoms. The first-order chi connectivity index (χ1) is 15.8. The number of anilines is 2. The molecule has 0 aliphatic carbocycles. The molecule has 3 rings (SSSR count). The fourth-order valence-electron chi connectivity index (χ4n) is 3.09. The van der Waals surface area contributed by atoms with Gasteiger partial charge in [-0.25, -0.2) is 4.98 Å². The van der Waals surface area contributed by atoms with Crippen LogP contribution in [0.25, 0.3) is 0 Å².